The first-order valence-corrected chi connectivity index (χ1v) is 10.4. The smallest absolute Gasteiger partial charge is 0.475 e. The molecule has 3 N–H and O–H groups in total. The second kappa shape index (κ2) is 10.0. The molecule has 4 rings (SSSR count). The van der Waals surface area contributed by atoms with Crippen molar-refractivity contribution in [3.8, 4) is 18.0 Å². The molecule has 0 aliphatic carbocycles. The van der Waals surface area contributed by atoms with E-state index in [-0.39, 0.29) is 17.5 Å². The van der Waals surface area contributed by atoms with Crippen LogP contribution in [0.4, 0.5) is 13.2 Å². The van der Waals surface area contributed by atoms with Gasteiger partial charge in [-0.1, -0.05) is 0 Å². The predicted octanol–water partition coefficient (Wildman–Crippen LogP) is 1.69. The summed E-state index contributed by atoms with van der Waals surface area (Å²) in [6, 6.07) is 7.17. The first-order valence-electron chi connectivity index (χ1n) is 10.4. The van der Waals surface area contributed by atoms with Crippen LogP contribution in [0.2, 0.25) is 0 Å². The molecule has 0 saturated heterocycles. The molecule has 1 unspecified atom stereocenters. The van der Waals surface area contributed by atoms with Gasteiger partial charge in [0.2, 0.25) is 0 Å². The third kappa shape index (κ3) is 5.20. The standard InChI is InChI=1S/C21H21N5O2.C2HF3O2/c1-4-5-15-11-24-26-18-12-23-13(2)10-17(18)21(28)25(20(15)26)16-8-6-14(7-9-16)19(27)22-3;3-2(4,5)1(6)7/h1,6-9,11,13,23H,5,10,12H2,2-3H3,(H,22,27);(H,6,7). The Morgan fingerprint density at radius 2 is 1.94 bits per heavy atom. The van der Waals surface area contributed by atoms with Gasteiger partial charge in [0.1, 0.15) is 5.65 Å². The monoisotopic (exact) mass is 489 g/mol. The number of carboxylic acid groups (broad SMARTS) is 1. The Hall–Kier alpha value is -4.11. The Bertz CT molecular complexity index is 1370. The number of aliphatic carboxylic acids is 1. The molecule has 0 fully saturated rings. The van der Waals surface area contributed by atoms with Crippen molar-refractivity contribution in [3.63, 3.8) is 0 Å². The van der Waals surface area contributed by atoms with Gasteiger partial charge in [0.05, 0.1) is 17.6 Å². The number of carboxylic acids is 1. The molecular formula is C23H22F3N5O4. The summed E-state index contributed by atoms with van der Waals surface area (Å²) >= 11 is 0. The van der Waals surface area contributed by atoms with E-state index in [1.165, 1.54) is 0 Å². The number of halogens is 3. The molecule has 12 heteroatoms. The van der Waals surface area contributed by atoms with E-state index in [2.05, 4.69) is 28.6 Å². The molecule has 1 aliphatic heterocycles. The maximum Gasteiger partial charge on any atom is 0.490 e. The van der Waals surface area contributed by atoms with E-state index in [0.29, 0.717) is 36.3 Å². The molecule has 2 aromatic heterocycles. The van der Waals surface area contributed by atoms with Gasteiger partial charge in [-0.2, -0.15) is 18.3 Å². The molecule has 0 radical (unpaired) electrons. The van der Waals surface area contributed by atoms with Crippen LogP contribution in [0.25, 0.3) is 11.3 Å². The van der Waals surface area contributed by atoms with Gasteiger partial charge in [-0.25, -0.2) is 9.31 Å². The predicted molar refractivity (Wildman–Crippen MR) is 120 cm³/mol. The molecule has 1 amide bonds. The van der Waals surface area contributed by atoms with E-state index in [1.54, 1.807) is 42.1 Å². The van der Waals surface area contributed by atoms with Crippen LogP contribution in [0.1, 0.15) is 34.1 Å². The number of carbonyl (C=O) groups excluding carboxylic acids is 1. The highest BCUT2D eigenvalue weighted by Crippen LogP contribution is 2.22. The van der Waals surface area contributed by atoms with Crippen molar-refractivity contribution in [2.45, 2.75) is 38.5 Å². The number of aromatic nitrogens is 3. The number of hydrogen-bond donors (Lipinski definition) is 3. The number of nitrogens with zero attached hydrogens (tertiary/aromatic N) is 3. The largest absolute Gasteiger partial charge is 0.490 e. The molecule has 3 aromatic rings. The van der Waals surface area contributed by atoms with Gasteiger partial charge in [0, 0.05) is 42.7 Å². The summed E-state index contributed by atoms with van der Waals surface area (Å²) in [5, 5.41) is 17.6. The van der Waals surface area contributed by atoms with Crippen LogP contribution in [0.5, 0.6) is 0 Å². The molecule has 0 saturated carbocycles. The van der Waals surface area contributed by atoms with Gasteiger partial charge in [-0.15, -0.1) is 12.3 Å². The van der Waals surface area contributed by atoms with Crippen molar-refractivity contribution in [2.24, 2.45) is 0 Å². The minimum absolute atomic E-state index is 0.0673. The number of benzene rings is 1. The second-order valence-electron chi connectivity index (χ2n) is 7.77. The van der Waals surface area contributed by atoms with Gasteiger partial charge in [0.15, 0.2) is 0 Å². The maximum absolute atomic E-state index is 13.5. The summed E-state index contributed by atoms with van der Waals surface area (Å²) in [4.78, 5) is 34.2. The van der Waals surface area contributed by atoms with Gasteiger partial charge in [-0.3, -0.25) is 14.2 Å². The van der Waals surface area contributed by atoms with Crippen LogP contribution in [0.15, 0.2) is 35.3 Å². The van der Waals surface area contributed by atoms with E-state index in [4.69, 9.17) is 16.3 Å². The Morgan fingerprint density at radius 1 is 1.31 bits per heavy atom. The third-order valence-electron chi connectivity index (χ3n) is 5.37. The van der Waals surface area contributed by atoms with E-state index in [0.717, 1.165) is 16.8 Å². The Balaban J connectivity index is 0.000000429. The van der Waals surface area contributed by atoms with Crippen molar-refractivity contribution < 1.29 is 27.9 Å². The van der Waals surface area contributed by atoms with Gasteiger partial charge < -0.3 is 15.7 Å². The molecule has 0 spiro atoms. The molecule has 3 heterocycles. The average molecular weight is 489 g/mol. The van der Waals surface area contributed by atoms with Gasteiger partial charge >= 0.3 is 12.1 Å². The summed E-state index contributed by atoms with van der Waals surface area (Å²) in [6.45, 7) is 2.64. The van der Waals surface area contributed by atoms with E-state index >= 15 is 0 Å². The Morgan fingerprint density at radius 3 is 2.49 bits per heavy atom. The zero-order chi connectivity index (χ0) is 25.9. The van der Waals surface area contributed by atoms with Crippen LogP contribution >= 0.6 is 0 Å². The quantitative estimate of drug-likeness (QED) is 0.482. The lowest BCUT2D eigenvalue weighted by Gasteiger charge is -2.25. The minimum Gasteiger partial charge on any atom is -0.475 e. The fourth-order valence-corrected chi connectivity index (χ4v) is 3.71. The number of rotatable bonds is 3. The minimum atomic E-state index is -5.08. The highest BCUT2D eigenvalue weighted by atomic mass is 19.4. The van der Waals surface area contributed by atoms with Gasteiger partial charge in [-0.05, 0) is 37.6 Å². The van der Waals surface area contributed by atoms with Gasteiger partial charge in [0.25, 0.3) is 11.5 Å². The first kappa shape index (κ1) is 25.5. The lowest BCUT2D eigenvalue weighted by Crippen LogP contribution is -2.40. The Kier molecular flexibility index (Phi) is 7.31. The van der Waals surface area contributed by atoms with Crippen LogP contribution in [-0.4, -0.2) is 50.4 Å². The highest BCUT2D eigenvalue weighted by molar-refractivity contribution is 5.94. The van der Waals surface area contributed by atoms with Crippen LogP contribution < -0.4 is 16.2 Å². The van der Waals surface area contributed by atoms with Crippen LogP contribution in [0, 0.1) is 12.3 Å². The normalized spacial score (nSPS) is 14.9. The van der Waals surface area contributed by atoms with E-state index in [9.17, 15) is 22.8 Å². The van der Waals surface area contributed by atoms with Crippen molar-refractivity contribution in [2.75, 3.05) is 7.05 Å². The summed E-state index contributed by atoms with van der Waals surface area (Å²) in [5.41, 5.74) is 4.26. The van der Waals surface area contributed by atoms with Crippen molar-refractivity contribution in [1.82, 2.24) is 24.8 Å². The number of alkyl halides is 3. The molecule has 184 valence electrons. The zero-order valence-corrected chi connectivity index (χ0v) is 18.8. The highest BCUT2D eigenvalue weighted by Gasteiger charge is 2.38. The number of carbonyl (C=O) groups is 2. The molecule has 0 bridgehead atoms. The van der Waals surface area contributed by atoms with Crippen molar-refractivity contribution >= 4 is 17.5 Å². The van der Waals surface area contributed by atoms with Crippen molar-refractivity contribution in [3.05, 3.63) is 63.2 Å². The number of fused-ring (bicyclic) bond motifs is 3. The molecule has 1 aliphatic rings. The summed E-state index contributed by atoms with van der Waals surface area (Å²) in [6.07, 6.45) is 3.18. The van der Waals surface area contributed by atoms with Crippen molar-refractivity contribution in [1.29, 1.82) is 0 Å². The number of amides is 1. The molecule has 9 nitrogen and oxygen atoms in total. The lowest BCUT2D eigenvalue weighted by atomic mass is 10.0. The SMILES string of the molecule is C#CCc1cnn2c3c(c(=O)n(-c4ccc(C(=O)NC)cc4)c12)CC(C)NC3.O=C(O)C(F)(F)F. The summed E-state index contributed by atoms with van der Waals surface area (Å²) in [5.74, 6) is -0.289. The summed E-state index contributed by atoms with van der Waals surface area (Å²) in [7, 11) is 1.58. The Labute approximate surface area is 197 Å². The first-order chi connectivity index (χ1) is 16.5. The second-order valence-corrected chi connectivity index (χ2v) is 7.77. The fourth-order valence-electron chi connectivity index (χ4n) is 3.71. The zero-order valence-electron chi connectivity index (χ0n) is 18.8. The average Bonchev–Trinajstić information content (AvgIpc) is 3.22. The van der Waals surface area contributed by atoms with E-state index in [1.807, 2.05) is 4.52 Å². The number of terminal acetylenes is 1. The lowest BCUT2D eigenvalue weighted by molar-refractivity contribution is -0.192. The molecule has 1 aromatic carbocycles. The summed E-state index contributed by atoms with van der Waals surface area (Å²) < 4.78 is 35.2. The van der Waals surface area contributed by atoms with E-state index < -0.39 is 12.1 Å². The topological polar surface area (TPSA) is 118 Å². The maximum atomic E-state index is 13.5. The fraction of sp³-hybridized carbons (Fsp3) is 0.304. The third-order valence-corrected chi connectivity index (χ3v) is 5.37. The molecule has 1 atom stereocenters. The number of nitrogens with one attached hydrogen (secondary N) is 2. The van der Waals surface area contributed by atoms with Crippen LogP contribution in [0.3, 0.4) is 0 Å². The molecule has 35 heavy (non-hydrogen) atoms. The molecular weight excluding hydrogens is 467 g/mol. The van der Waals surface area contributed by atoms with Crippen LogP contribution in [-0.2, 0) is 24.2 Å². The number of hydrogen-bond acceptors (Lipinski definition) is 5.